The van der Waals surface area contributed by atoms with Gasteiger partial charge in [0.15, 0.2) is 0 Å². The topological polar surface area (TPSA) is 75.0 Å². The number of hydrogen-bond donors (Lipinski definition) is 1. The quantitative estimate of drug-likeness (QED) is 0.826. The van der Waals surface area contributed by atoms with Crippen molar-refractivity contribution in [3.8, 4) is 0 Å². The normalized spacial score (nSPS) is 13.8. The van der Waals surface area contributed by atoms with Crippen molar-refractivity contribution in [3.05, 3.63) is 53.5 Å². The third kappa shape index (κ3) is 3.88. The SMILES string of the molecule is COCCN(Cc1ccco1)C(=O)c1ccc(N2CCNC2=O)c(C)c1. The first-order valence-corrected chi connectivity index (χ1v) is 8.56. The van der Waals surface area contributed by atoms with Crippen LogP contribution in [0.15, 0.2) is 41.0 Å². The first-order valence-electron chi connectivity index (χ1n) is 8.56. The molecule has 1 aromatic heterocycles. The highest BCUT2D eigenvalue weighted by Crippen LogP contribution is 2.24. The van der Waals surface area contributed by atoms with Crippen molar-refractivity contribution in [2.45, 2.75) is 13.5 Å². The predicted molar refractivity (Wildman–Crippen MR) is 97.2 cm³/mol. The fourth-order valence-electron chi connectivity index (χ4n) is 3.02. The number of ether oxygens (including phenoxy) is 1. The fraction of sp³-hybridized carbons (Fsp3) is 0.368. The number of urea groups is 1. The summed E-state index contributed by atoms with van der Waals surface area (Å²) < 4.78 is 10.5. The number of nitrogens with one attached hydrogen (secondary N) is 1. The van der Waals surface area contributed by atoms with E-state index in [1.165, 1.54) is 0 Å². The van der Waals surface area contributed by atoms with E-state index < -0.39 is 0 Å². The molecular formula is C19H23N3O4. The van der Waals surface area contributed by atoms with Gasteiger partial charge < -0.3 is 19.4 Å². The zero-order valence-electron chi connectivity index (χ0n) is 15.0. The maximum absolute atomic E-state index is 13.0. The van der Waals surface area contributed by atoms with Crippen molar-refractivity contribution in [1.29, 1.82) is 0 Å². The van der Waals surface area contributed by atoms with Gasteiger partial charge in [-0.3, -0.25) is 9.69 Å². The molecule has 7 heteroatoms. The summed E-state index contributed by atoms with van der Waals surface area (Å²) in [6.45, 7) is 4.45. The van der Waals surface area contributed by atoms with Crippen LogP contribution in [-0.2, 0) is 11.3 Å². The molecule has 7 nitrogen and oxygen atoms in total. The lowest BCUT2D eigenvalue weighted by atomic mass is 10.1. The molecule has 0 radical (unpaired) electrons. The summed E-state index contributed by atoms with van der Waals surface area (Å²) in [5, 5.41) is 2.79. The Kier molecular flexibility index (Phi) is 5.58. The van der Waals surface area contributed by atoms with Gasteiger partial charge in [0.1, 0.15) is 5.76 Å². The van der Waals surface area contributed by atoms with E-state index in [9.17, 15) is 9.59 Å². The summed E-state index contributed by atoms with van der Waals surface area (Å²) in [6.07, 6.45) is 1.59. The van der Waals surface area contributed by atoms with Gasteiger partial charge in [0, 0.05) is 38.0 Å². The zero-order valence-corrected chi connectivity index (χ0v) is 15.0. The van der Waals surface area contributed by atoms with E-state index in [4.69, 9.17) is 9.15 Å². The number of benzene rings is 1. The lowest BCUT2D eigenvalue weighted by Crippen LogP contribution is -2.33. The molecule has 2 heterocycles. The van der Waals surface area contributed by atoms with E-state index >= 15 is 0 Å². The number of amides is 3. The summed E-state index contributed by atoms with van der Waals surface area (Å²) in [5.74, 6) is 0.621. The number of carbonyl (C=O) groups is 2. The second kappa shape index (κ2) is 8.05. The number of methoxy groups -OCH3 is 1. The molecule has 3 rings (SSSR count). The van der Waals surface area contributed by atoms with Crippen molar-refractivity contribution in [3.63, 3.8) is 0 Å². The predicted octanol–water partition coefficient (Wildman–Crippen LogP) is 2.41. The summed E-state index contributed by atoms with van der Waals surface area (Å²) in [7, 11) is 1.61. The molecule has 1 saturated heterocycles. The van der Waals surface area contributed by atoms with Crippen LogP contribution < -0.4 is 10.2 Å². The van der Waals surface area contributed by atoms with Crippen molar-refractivity contribution in [2.75, 3.05) is 38.3 Å². The minimum absolute atomic E-state index is 0.0982. The Morgan fingerprint density at radius 1 is 1.38 bits per heavy atom. The summed E-state index contributed by atoms with van der Waals surface area (Å²) >= 11 is 0. The van der Waals surface area contributed by atoms with Gasteiger partial charge in [0.25, 0.3) is 5.91 Å². The molecule has 1 aliphatic rings. The highest BCUT2D eigenvalue weighted by molar-refractivity contribution is 5.97. The molecule has 0 bridgehead atoms. The summed E-state index contributed by atoms with van der Waals surface area (Å²) in [4.78, 5) is 28.2. The number of anilines is 1. The number of aryl methyl sites for hydroxylation is 1. The molecule has 1 aliphatic heterocycles. The van der Waals surface area contributed by atoms with Crippen LogP contribution in [0.2, 0.25) is 0 Å². The minimum Gasteiger partial charge on any atom is -0.467 e. The molecule has 0 atom stereocenters. The number of rotatable bonds is 7. The third-order valence-electron chi connectivity index (χ3n) is 4.37. The Labute approximate surface area is 152 Å². The molecule has 0 saturated carbocycles. The van der Waals surface area contributed by atoms with Gasteiger partial charge in [0.2, 0.25) is 0 Å². The van der Waals surface area contributed by atoms with Gasteiger partial charge in [-0.1, -0.05) is 0 Å². The molecule has 2 aromatic rings. The Balaban J connectivity index is 1.79. The standard InChI is InChI=1S/C19H23N3O4/c1-14-12-15(5-6-17(14)22-8-7-20-19(22)24)18(23)21(9-11-25-2)13-16-4-3-10-26-16/h3-6,10,12H,7-9,11,13H2,1-2H3,(H,20,24). The molecule has 138 valence electrons. The Morgan fingerprint density at radius 2 is 2.23 bits per heavy atom. The summed E-state index contributed by atoms with van der Waals surface area (Å²) in [5.41, 5.74) is 2.29. The molecule has 26 heavy (non-hydrogen) atoms. The summed E-state index contributed by atoms with van der Waals surface area (Å²) in [6, 6.07) is 8.95. The molecule has 0 unspecified atom stereocenters. The number of nitrogens with zero attached hydrogens (tertiary/aromatic N) is 2. The Bertz CT molecular complexity index is 773. The lowest BCUT2D eigenvalue weighted by Gasteiger charge is -2.23. The largest absolute Gasteiger partial charge is 0.467 e. The van der Waals surface area contributed by atoms with E-state index in [1.54, 1.807) is 35.3 Å². The number of hydrogen-bond acceptors (Lipinski definition) is 4. The molecular weight excluding hydrogens is 334 g/mol. The van der Waals surface area contributed by atoms with E-state index in [0.29, 0.717) is 38.3 Å². The van der Waals surface area contributed by atoms with Gasteiger partial charge in [-0.25, -0.2) is 4.79 Å². The van der Waals surface area contributed by atoms with Crippen LogP contribution in [0, 0.1) is 6.92 Å². The van der Waals surface area contributed by atoms with Crippen molar-refractivity contribution < 1.29 is 18.7 Å². The molecule has 1 aromatic carbocycles. The average molecular weight is 357 g/mol. The maximum atomic E-state index is 13.0. The van der Waals surface area contributed by atoms with Crippen LogP contribution in [0.3, 0.4) is 0 Å². The average Bonchev–Trinajstić information content (AvgIpc) is 3.29. The molecule has 3 amide bonds. The minimum atomic E-state index is -0.105. The van der Waals surface area contributed by atoms with E-state index in [2.05, 4.69) is 5.32 Å². The van der Waals surface area contributed by atoms with Crippen molar-refractivity contribution in [2.24, 2.45) is 0 Å². The molecule has 0 aliphatic carbocycles. The Hall–Kier alpha value is -2.80. The maximum Gasteiger partial charge on any atom is 0.322 e. The van der Waals surface area contributed by atoms with Crippen molar-refractivity contribution >= 4 is 17.6 Å². The van der Waals surface area contributed by atoms with Crippen LogP contribution in [0.25, 0.3) is 0 Å². The van der Waals surface area contributed by atoms with Gasteiger partial charge in [-0.2, -0.15) is 0 Å². The van der Waals surface area contributed by atoms with Gasteiger partial charge in [-0.15, -0.1) is 0 Å². The Morgan fingerprint density at radius 3 is 2.85 bits per heavy atom. The first-order chi connectivity index (χ1) is 12.6. The van der Waals surface area contributed by atoms with Crippen molar-refractivity contribution in [1.82, 2.24) is 10.2 Å². The van der Waals surface area contributed by atoms with Crippen LogP contribution in [-0.4, -0.2) is 50.2 Å². The van der Waals surface area contributed by atoms with E-state index in [1.807, 2.05) is 25.1 Å². The second-order valence-corrected chi connectivity index (χ2v) is 6.18. The highest BCUT2D eigenvalue weighted by atomic mass is 16.5. The van der Waals surface area contributed by atoms with Gasteiger partial charge in [0.05, 0.1) is 19.4 Å². The monoisotopic (exact) mass is 357 g/mol. The fourth-order valence-corrected chi connectivity index (χ4v) is 3.02. The molecule has 1 fully saturated rings. The van der Waals surface area contributed by atoms with Crippen LogP contribution in [0.1, 0.15) is 21.7 Å². The second-order valence-electron chi connectivity index (χ2n) is 6.18. The van der Waals surface area contributed by atoms with Crippen LogP contribution in [0.4, 0.5) is 10.5 Å². The van der Waals surface area contributed by atoms with Gasteiger partial charge in [-0.05, 0) is 42.8 Å². The highest BCUT2D eigenvalue weighted by Gasteiger charge is 2.24. The van der Waals surface area contributed by atoms with Crippen LogP contribution >= 0.6 is 0 Å². The van der Waals surface area contributed by atoms with E-state index in [0.717, 1.165) is 17.0 Å². The first kappa shape index (κ1) is 18.0. The molecule has 1 N–H and O–H groups in total. The lowest BCUT2D eigenvalue weighted by molar-refractivity contribution is 0.0666. The van der Waals surface area contributed by atoms with Gasteiger partial charge >= 0.3 is 6.03 Å². The smallest absolute Gasteiger partial charge is 0.322 e. The van der Waals surface area contributed by atoms with Crippen LogP contribution in [0.5, 0.6) is 0 Å². The molecule has 0 spiro atoms. The number of carbonyl (C=O) groups excluding carboxylic acids is 2. The zero-order chi connectivity index (χ0) is 18.5. The van der Waals surface area contributed by atoms with E-state index in [-0.39, 0.29) is 11.9 Å². The third-order valence-corrected chi connectivity index (χ3v) is 4.37. The number of furan rings is 1.